The number of pyridine rings is 1. The molecule has 28 heavy (non-hydrogen) atoms. The number of rotatable bonds is 6. The highest BCUT2D eigenvalue weighted by molar-refractivity contribution is 5.40. The monoisotopic (exact) mass is 381 g/mol. The maximum Gasteiger partial charge on any atom is 0.128 e. The third-order valence-electron chi connectivity index (χ3n) is 6.29. The molecule has 1 aromatic heterocycles. The third kappa shape index (κ3) is 4.15. The summed E-state index contributed by atoms with van der Waals surface area (Å²) in [6.07, 6.45) is 5.01. The maximum atomic E-state index is 8.88. The van der Waals surface area contributed by atoms with E-state index in [1.807, 2.05) is 12.1 Å². The number of piperidine rings is 1. The molecule has 0 unspecified atom stereocenters. The maximum absolute atomic E-state index is 8.88. The first-order valence-corrected chi connectivity index (χ1v) is 10.4. The van der Waals surface area contributed by atoms with Crippen LogP contribution in [0.2, 0.25) is 0 Å². The Hall–Kier alpha value is -2.11. The number of likely N-dealkylation sites (tertiary alicyclic amines) is 1. The molecule has 0 saturated carbocycles. The summed E-state index contributed by atoms with van der Waals surface area (Å²) in [7, 11) is 0. The largest absolute Gasteiger partial charge is 0.491 e. The number of aliphatic hydroxyl groups is 1. The van der Waals surface area contributed by atoms with Gasteiger partial charge in [-0.25, -0.2) is 4.98 Å². The first-order valence-electron chi connectivity index (χ1n) is 10.4. The topological polar surface area (TPSA) is 48.8 Å². The fraction of sp³-hybridized carbons (Fsp3) is 0.522. The SMILES string of the molecule is Cc1cccc(N2CCC3(CCCN3Cc3ccc(OCCO)cc3)CC2)n1. The van der Waals surface area contributed by atoms with Crippen LogP contribution in [0, 0.1) is 6.92 Å². The number of hydrogen-bond donors (Lipinski definition) is 1. The molecular weight excluding hydrogens is 350 g/mol. The van der Waals surface area contributed by atoms with Gasteiger partial charge in [0.1, 0.15) is 18.2 Å². The Balaban J connectivity index is 1.38. The van der Waals surface area contributed by atoms with Crippen LogP contribution in [0.5, 0.6) is 5.75 Å². The summed E-state index contributed by atoms with van der Waals surface area (Å²) in [6, 6.07) is 14.7. The van der Waals surface area contributed by atoms with Gasteiger partial charge in [-0.3, -0.25) is 4.90 Å². The Kier molecular flexibility index (Phi) is 5.83. The Bertz CT molecular complexity index is 770. The van der Waals surface area contributed by atoms with E-state index in [1.54, 1.807) is 0 Å². The van der Waals surface area contributed by atoms with Crippen molar-refractivity contribution in [3.63, 3.8) is 0 Å². The van der Waals surface area contributed by atoms with Crippen molar-refractivity contribution < 1.29 is 9.84 Å². The van der Waals surface area contributed by atoms with Crippen LogP contribution in [-0.4, -0.2) is 53.4 Å². The molecule has 4 rings (SSSR count). The molecule has 2 aromatic rings. The van der Waals surface area contributed by atoms with Gasteiger partial charge in [-0.15, -0.1) is 0 Å². The summed E-state index contributed by atoms with van der Waals surface area (Å²) in [5, 5.41) is 8.88. The molecule has 2 aliphatic rings. The lowest BCUT2D eigenvalue weighted by Gasteiger charge is -2.45. The van der Waals surface area contributed by atoms with Gasteiger partial charge in [-0.2, -0.15) is 0 Å². The zero-order chi connectivity index (χ0) is 19.4. The lowest BCUT2D eigenvalue weighted by atomic mass is 9.84. The number of ether oxygens (including phenoxy) is 1. The van der Waals surface area contributed by atoms with E-state index in [9.17, 15) is 0 Å². The van der Waals surface area contributed by atoms with Gasteiger partial charge in [0, 0.05) is 30.9 Å². The number of nitrogens with zero attached hydrogens (tertiary/aromatic N) is 3. The zero-order valence-corrected chi connectivity index (χ0v) is 16.8. The van der Waals surface area contributed by atoms with E-state index in [0.717, 1.165) is 36.9 Å². The van der Waals surface area contributed by atoms with E-state index in [2.05, 4.69) is 47.1 Å². The fourth-order valence-corrected chi connectivity index (χ4v) is 4.74. The second-order valence-corrected chi connectivity index (χ2v) is 8.09. The van der Waals surface area contributed by atoms with Crippen molar-refractivity contribution in [2.75, 3.05) is 37.7 Å². The Morgan fingerprint density at radius 1 is 1.04 bits per heavy atom. The molecule has 2 aliphatic heterocycles. The van der Waals surface area contributed by atoms with E-state index < -0.39 is 0 Å². The average molecular weight is 382 g/mol. The molecule has 0 radical (unpaired) electrons. The molecule has 0 aliphatic carbocycles. The fourth-order valence-electron chi connectivity index (χ4n) is 4.74. The number of aliphatic hydroxyl groups excluding tert-OH is 1. The Morgan fingerprint density at radius 3 is 2.54 bits per heavy atom. The van der Waals surface area contributed by atoms with Crippen LogP contribution in [0.3, 0.4) is 0 Å². The smallest absolute Gasteiger partial charge is 0.128 e. The predicted molar refractivity (Wildman–Crippen MR) is 112 cm³/mol. The van der Waals surface area contributed by atoms with Gasteiger partial charge in [0.05, 0.1) is 6.61 Å². The Labute approximate surface area is 168 Å². The van der Waals surface area contributed by atoms with E-state index >= 15 is 0 Å². The molecule has 0 atom stereocenters. The first-order chi connectivity index (χ1) is 13.7. The molecule has 1 aromatic carbocycles. The van der Waals surface area contributed by atoms with Crippen molar-refractivity contribution in [1.29, 1.82) is 0 Å². The minimum absolute atomic E-state index is 0.0487. The number of aryl methyl sites for hydroxylation is 1. The van der Waals surface area contributed by atoms with Crippen LogP contribution in [0.25, 0.3) is 0 Å². The third-order valence-corrected chi connectivity index (χ3v) is 6.29. The van der Waals surface area contributed by atoms with Crippen molar-refractivity contribution in [2.24, 2.45) is 0 Å². The number of aromatic nitrogens is 1. The van der Waals surface area contributed by atoms with Gasteiger partial charge < -0.3 is 14.7 Å². The van der Waals surface area contributed by atoms with Gasteiger partial charge in [-0.1, -0.05) is 18.2 Å². The summed E-state index contributed by atoms with van der Waals surface area (Å²) in [5.41, 5.74) is 2.76. The van der Waals surface area contributed by atoms with E-state index in [1.165, 1.54) is 37.8 Å². The highest BCUT2D eigenvalue weighted by Gasteiger charge is 2.43. The molecule has 2 saturated heterocycles. The molecule has 5 heteroatoms. The first kappa shape index (κ1) is 19.2. The standard InChI is InChI=1S/C23H31N3O2/c1-19-4-2-5-22(24-19)25-14-11-23(12-15-25)10-3-13-26(23)18-20-6-8-21(9-7-20)28-17-16-27/h2,4-9,27H,3,10-18H2,1H3. The minimum atomic E-state index is 0.0487. The van der Waals surface area contributed by atoms with Gasteiger partial charge >= 0.3 is 0 Å². The van der Waals surface area contributed by atoms with E-state index in [-0.39, 0.29) is 6.61 Å². The molecule has 0 amide bonds. The second-order valence-electron chi connectivity index (χ2n) is 8.09. The van der Waals surface area contributed by atoms with Gasteiger partial charge in [-0.05, 0) is 69.0 Å². The normalized spacial score (nSPS) is 19.3. The van der Waals surface area contributed by atoms with Gasteiger partial charge in [0.25, 0.3) is 0 Å². The predicted octanol–water partition coefficient (Wildman–Crippen LogP) is 3.40. The van der Waals surface area contributed by atoms with Crippen molar-refractivity contribution in [3.8, 4) is 5.75 Å². The van der Waals surface area contributed by atoms with Crippen LogP contribution in [-0.2, 0) is 6.54 Å². The van der Waals surface area contributed by atoms with Crippen LogP contribution in [0.4, 0.5) is 5.82 Å². The van der Waals surface area contributed by atoms with Crippen molar-refractivity contribution in [2.45, 2.75) is 44.7 Å². The number of benzene rings is 1. The number of anilines is 1. The average Bonchev–Trinajstić information content (AvgIpc) is 3.09. The molecule has 150 valence electrons. The van der Waals surface area contributed by atoms with Crippen molar-refractivity contribution in [3.05, 3.63) is 53.7 Å². The summed E-state index contributed by atoms with van der Waals surface area (Å²) >= 11 is 0. The van der Waals surface area contributed by atoms with Crippen LogP contribution < -0.4 is 9.64 Å². The highest BCUT2D eigenvalue weighted by atomic mass is 16.5. The summed E-state index contributed by atoms with van der Waals surface area (Å²) in [5.74, 6) is 1.95. The van der Waals surface area contributed by atoms with E-state index in [0.29, 0.717) is 12.1 Å². The van der Waals surface area contributed by atoms with E-state index in [4.69, 9.17) is 14.8 Å². The quantitative estimate of drug-likeness (QED) is 0.831. The molecule has 2 fully saturated rings. The molecule has 5 nitrogen and oxygen atoms in total. The van der Waals surface area contributed by atoms with Crippen LogP contribution >= 0.6 is 0 Å². The van der Waals surface area contributed by atoms with Crippen LogP contribution in [0.1, 0.15) is 36.9 Å². The molecule has 0 bridgehead atoms. The molecule has 1 N–H and O–H groups in total. The minimum Gasteiger partial charge on any atom is -0.491 e. The summed E-state index contributed by atoms with van der Waals surface area (Å²) in [4.78, 5) is 9.87. The lowest BCUT2D eigenvalue weighted by molar-refractivity contribution is 0.0996. The van der Waals surface area contributed by atoms with Gasteiger partial charge in [0.15, 0.2) is 0 Å². The van der Waals surface area contributed by atoms with Crippen molar-refractivity contribution in [1.82, 2.24) is 9.88 Å². The summed E-state index contributed by atoms with van der Waals surface area (Å²) < 4.78 is 5.48. The molecular formula is C23H31N3O2. The van der Waals surface area contributed by atoms with Crippen molar-refractivity contribution >= 4 is 5.82 Å². The lowest BCUT2D eigenvalue weighted by Crippen LogP contribution is -2.52. The van der Waals surface area contributed by atoms with Crippen LogP contribution in [0.15, 0.2) is 42.5 Å². The van der Waals surface area contributed by atoms with Gasteiger partial charge in [0.2, 0.25) is 0 Å². The number of hydrogen-bond acceptors (Lipinski definition) is 5. The highest BCUT2D eigenvalue weighted by Crippen LogP contribution is 2.40. The second kappa shape index (κ2) is 8.50. The Morgan fingerprint density at radius 2 is 1.82 bits per heavy atom. The zero-order valence-electron chi connectivity index (χ0n) is 16.8. The summed E-state index contributed by atoms with van der Waals surface area (Å²) in [6.45, 7) is 6.82. The molecule has 1 spiro atoms. The molecule has 3 heterocycles.